The van der Waals surface area contributed by atoms with Crippen molar-refractivity contribution in [2.45, 2.75) is 13.5 Å². The molecule has 1 rings (SSSR count). The molecule has 0 saturated heterocycles. The van der Waals surface area contributed by atoms with Gasteiger partial charge in [0.2, 0.25) is 0 Å². The Hall–Kier alpha value is -1.07. The summed E-state index contributed by atoms with van der Waals surface area (Å²) in [5.74, 6) is 1.02. The highest BCUT2D eigenvalue weighted by molar-refractivity contribution is 7.86. The zero-order chi connectivity index (χ0) is 10.6. The van der Waals surface area contributed by atoms with Gasteiger partial charge in [-0.05, 0) is 25.1 Å². The average Bonchev–Trinajstić information content (AvgIpc) is 2.63. The quantitative estimate of drug-likeness (QED) is 0.704. The van der Waals surface area contributed by atoms with E-state index >= 15 is 0 Å². The van der Waals surface area contributed by atoms with Crippen LogP contribution in [0.1, 0.15) is 18.4 Å². The molecule has 0 bridgehead atoms. The van der Waals surface area contributed by atoms with Crippen LogP contribution in [-0.4, -0.2) is 14.2 Å². The molecule has 0 saturated carbocycles. The first-order valence-electron chi connectivity index (χ1n) is 4.15. The summed E-state index contributed by atoms with van der Waals surface area (Å²) in [6.07, 6.45) is 1.54. The smallest absolute Gasteiger partial charge is 0.267 e. The van der Waals surface area contributed by atoms with Crippen LogP contribution in [0.5, 0.6) is 0 Å². The molecule has 78 valence electrons. The van der Waals surface area contributed by atoms with Crippen LogP contribution in [0.15, 0.2) is 23.1 Å². The van der Waals surface area contributed by atoms with Crippen molar-refractivity contribution in [3.8, 4) is 0 Å². The van der Waals surface area contributed by atoms with Gasteiger partial charge in [-0.25, -0.2) is 0 Å². The Morgan fingerprint density at radius 1 is 1.57 bits per heavy atom. The van der Waals surface area contributed by atoms with Gasteiger partial charge >= 0.3 is 0 Å². The maximum Gasteiger partial charge on any atom is 0.267 e. The number of furan rings is 1. The van der Waals surface area contributed by atoms with Gasteiger partial charge in [0, 0.05) is 0 Å². The lowest BCUT2D eigenvalue weighted by Gasteiger charge is -1.99. The summed E-state index contributed by atoms with van der Waals surface area (Å²) in [6.45, 7) is 4.97. The van der Waals surface area contributed by atoms with E-state index in [-0.39, 0.29) is 12.4 Å². The second-order valence-electron chi connectivity index (χ2n) is 2.62. The van der Waals surface area contributed by atoms with Gasteiger partial charge < -0.3 is 4.42 Å². The highest BCUT2D eigenvalue weighted by atomic mass is 32.2. The fourth-order valence-corrected chi connectivity index (χ4v) is 1.28. The van der Waals surface area contributed by atoms with Gasteiger partial charge in [-0.15, -0.1) is 0 Å². The third-order valence-electron chi connectivity index (χ3n) is 1.62. The van der Waals surface area contributed by atoms with E-state index in [4.69, 9.17) is 4.42 Å². The lowest BCUT2D eigenvalue weighted by Crippen LogP contribution is -2.07. The molecule has 14 heavy (non-hydrogen) atoms. The molecule has 0 atom stereocenters. The highest BCUT2D eigenvalue weighted by Gasteiger charge is 2.09. The van der Waals surface area contributed by atoms with Crippen molar-refractivity contribution in [2.75, 3.05) is 5.75 Å². The molecule has 4 nitrogen and oxygen atoms in total. The van der Waals surface area contributed by atoms with Crippen molar-refractivity contribution in [1.82, 2.24) is 0 Å². The lowest BCUT2D eigenvalue weighted by atomic mass is 10.4. The Labute approximate surface area is 83.3 Å². The van der Waals surface area contributed by atoms with Gasteiger partial charge in [0.25, 0.3) is 10.1 Å². The van der Waals surface area contributed by atoms with E-state index in [1.165, 1.54) is 13.0 Å². The van der Waals surface area contributed by atoms with Crippen molar-refractivity contribution in [2.24, 2.45) is 0 Å². The minimum Gasteiger partial charge on any atom is -0.459 e. The summed E-state index contributed by atoms with van der Waals surface area (Å²) in [5, 5.41) is 0. The normalized spacial score (nSPS) is 11.5. The van der Waals surface area contributed by atoms with Crippen LogP contribution in [-0.2, 0) is 20.9 Å². The van der Waals surface area contributed by atoms with Gasteiger partial charge in [-0.3, -0.25) is 4.18 Å². The van der Waals surface area contributed by atoms with Crippen LogP contribution >= 0.6 is 0 Å². The molecule has 0 aliphatic heterocycles. The summed E-state index contributed by atoms with van der Waals surface area (Å²) in [6, 6.07) is 3.35. The summed E-state index contributed by atoms with van der Waals surface area (Å²) < 4.78 is 31.8. The van der Waals surface area contributed by atoms with E-state index in [9.17, 15) is 8.42 Å². The van der Waals surface area contributed by atoms with Crippen LogP contribution in [0.25, 0.3) is 6.08 Å². The van der Waals surface area contributed by atoms with E-state index in [2.05, 4.69) is 10.8 Å². The van der Waals surface area contributed by atoms with Gasteiger partial charge in [0.05, 0.1) is 5.75 Å². The summed E-state index contributed by atoms with van der Waals surface area (Å²) in [5.41, 5.74) is 0. The predicted octanol–water partition coefficient (Wildman–Crippen LogP) is 1.79. The molecular weight excluding hydrogens is 204 g/mol. The highest BCUT2D eigenvalue weighted by Crippen LogP contribution is 2.11. The summed E-state index contributed by atoms with van der Waals surface area (Å²) in [7, 11) is -3.40. The van der Waals surface area contributed by atoms with Crippen LogP contribution in [0.4, 0.5) is 0 Å². The second kappa shape index (κ2) is 4.43. The maximum absolute atomic E-state index is 11.0. The molecule has 5 heteroatoms. The van der Waals surface area contributed by atoms with Gasteiger partial charge in [0.15, 0.2) is 0 Å². The molecule has 0 aliphatic carbocycles. The Bertz CT molecular complexity index is 402. The maximum atomic E-state index is 11.0. The second-order valence-corrected chi connectivity index (χ2v) is 4.55. The van der Waals surface area contributed by atoms with Crippen LogP contribution in [0.3, 0.4) is 0 Å². The van der Waals surface area contributed by atoms with Gasteiger partial charge in [0.1, 0.15) is 18.1 Å². The molecule has 0 amide bonds. The minimum absolute atomic E-state index is 0.0397. The fraction of sp³-hybridized carbons (Fsp3) is 0.333. The lowest BCUT2D eigenvalue weighted by molar-refractivity contribution is 0.274. The topological polar surface area (TPSA) is 56.5 Å². The van der Waals surface area contributed by atoms with Crippen molar-refractivity contribution >= 4 is 16.2 Å². The van der Waals surface area contributed by atoms with Crippen molar-refractivity contribution in [3.05, 3.63) is 30.2 Å². The van der Waals surface area contributed by atoms with Crippen LogP contribution in [0.2, 0.25) is 0 Å². The molecular formula is C9H12O4S. The zero-order valence-electron chi connectivity index (χ0n) is 7.89. The SMILES string of the molecule is C=Cc1ccc(COS(=O)(=O)CC)o1. The van der Waals surface area contributed by atoms with E-state index in [1.54, 1.807) is 12.1 Å². The van der Waals surface area contributed by atoms with E-state index < -0.39 is 10.1 Å². The Balaban J connectivity index is 2.58. The van der Waals surface area contributed by atoms with Gasteiger partial charge in [-0.1, -0.05) is 6.58 Å². The molecule has 0 spiro atoms. The molecule has 0 unspecified atom stereocenters. The Kier molecular flexibility index (Phi) is 3.49. The Morgan fingerprint density at radius 2 is 2.29 bits per heavy atom. The molecule has 0 fully saturated rings. The number of rotatable bonds is 5. The fourth-order valence-electron chi connectivity index (χ4n) is 0.813. The standard InChI is InChI=1S/C9H12O4S/c1-3-8-5-6-9(13-8)7-12-14(10,11)4-2/h3,5-6H,1,4,7H2,2H3. The zero-order valence-corrected chi connectivity index (χ0v) is 8.71. The third kappa shape index (κ3) is 3.01. The average molecular weight is 216 g/mol. The minimum atomic E-state index is -3.40. The first kappa shape index (κ1) is 11.0. The molecule has 1 heterocycles. The van der Waals surface area contributed by atoms with Crippen LogP contribution in [0, 0.1) is 0 Å². The molecule has 1 aromatic heterocycles. The van der Waals surface area contributed by atoms with Crippen molar-refractivity contribution in [3.63, 3.8) is 0 Å². The van der Waals surface area contributed by atoms with Crippen molar-refractivity contribution in [1.29, 1.82) is 0 Å². The third-order valence-corrected chi connectivity index (χ3v) is 2.80. The number of hydrogen-bond donors (Lipinski definition) is 0. The largest absolute Gasteiger partial charge is 0.459 e. The predicted molar refractivity (Wildman–Crippen MR) is 53.0 cm³/mol. The summed E-state index contributed by atoms with van der Waals surface area (Å²) in [4.78, 5) is 0. The molecule has 0 radical (unpaired) electrons. The van der Waals surface area contributed by atoms with Crippen LogP contribution < -0.4 is 0 Å². The molecule has 0 aromatic carbocycles. The molecule has 0 N–H and O–H groups in total. The molecule has 0 aliphatic rings. The number of hydrogen-bond acceptors (Lipinski definition) is 4. The monoisotopic (exact) mass is 216 g/mol. The van der Waals surface area contributed by atoms with Gasteiger partial charge in [-0.2, -0.15) is 8.42 Å². The molecule has 1 aromatic rings. The van der Waals surface area contributed by atoms with E-state index in [1.807, 2.05) is 0 Å². The van der Waals surface area contributed by atoms with E-state index in [0.29, 0.717) is 11.5 Å². The van der Waals surface area contributed by atoms with Crippen molar-refractivity contribution < 1.29 is 17.0 Å². The summed E-state index contributed by atoms with van der Waals surface area (Å²) >= 11 is 0. The Morgan fingerprint density at radius 3 is 2.79 bits per heavy atom. The first-order valence-corrected chi connectivity index (χ1v) is 5.73. The first-order chi connectivity index (χ1) is 6.57. The van der Waals surface area contributed by atoms with E-state index in [0.717, 1.165) is 0 Å².